The molecule has 9 atom stereocenters. The summed E-state index contributed by atoms with van der Waals surface area (Å²) >= 11 is 4.19. The lowest BCUT2D eigenvalue weighted by Gasteiger charge is -2.27. The number of carbonyl (C=O) groups excluding carboxylic acids is 9. The molecule has 15 N–H and O–H groups in total. The lowest BCUT2D eigenvalue weighted by molar-refractivity contribution is -0.142. The quantitative estimate of drug-likeness (QED) is 0.0255. The smallest absolute Gasteiger partial charge is 0.326 e. The van der Waals surface area contributed by atoms with Crippen molar-refractivity contribution < 1.29 is 58.2 Å². The minimum absolute atomic E-state index is 0.00112. The van der Waals surface area contributed by atoms with Gasteiger partial charge in [-0.1, -0.05) is 78.3 Å². The zero-order chi connectivity index (χ0) is 53.1. The van der Waals surface area contributed by atoms with Crippen LogP contribution in [0.15, 0.2) is 30.3 Å². The monoisotopic (exact) mass is 1010 g/mol. The van der Waals surface area contributed by atoms with Gasteiger partial charge in [-0.05, 0) is 68.9 Å². The molecule has 9 amide bonds. The number of hydrogen-bond acceptors (Lipinski definition) is 14. The summed E-state index contributed by atoms with van der Waals surface area (Å²) in [5.41, 5.74) is 12.0. The Morgan fingerprint density at radius 3 is 1.59 bits per heavy atom. The molecule has 0 aromatic heterocycles. The van der Waals surface area contributed by atoms with Gasteiger partial charge in [0.1, 0.15) is 42.3 Å². The zero-order valence-electron chi connectivity index (χ0n) is 41.3. The SMILES string of the molecule is CC[C@H](C)[C@H](NC(=O)[C@H](CC(C)C)NC(=O)[C@H](C)N)C(=O)NCC(=O)N[C@@H](CCCCN)C(=O)N[C@@H](CS)C(=O)N[C@@H](CO)C(=O)N[C@@H](Cc1ccccc1)C(=O)NCC(=O)N[C@@H](CC(C)C)C(=O)O. The third kappa shape index (κ3) is 23.6. The number of nitrogens with one attached hydrogen (secondary N) is 9. The average molecular weight is 1010 g/mol. The van der Waals surface area contributed by atoms with E-state index in [1.165, 1.54) is 6.92 Å². The Hall–Kier alpha value is -5.85. The second-order valence-corrected chi connectivity index (χ2v) is 18.4. The van der Waals surface area contributed by atoms with Crippen LogP contribution in [-0.2, 0) is 54.4 Å². The van der Waals surface area contributed by atoms with Gasteiger partial charge in [-0.25, -0.2) is 4.79 Å². The van der Waals surface area contributed by atoms with Gasteiger partial charge in [-0.15, -0.1) is 0 Å². The highest BCUT2D eigenvalue weighted by Gasteiger charge is 2.33. The first-order chi connectivity index (χ1) is 33.0. The van der Waals surface area contributed by atoms with E-state index in [-0.39, 0.29) is 49.8 Å². The molecule has 0 aliphatic rings. The molecule has 394 valence electrons. The van der Waals surface area contributed by atoms with Crippen LogP contribution in [0.5, 0.6) is 0 Å². The molecule has 24 heteroatoms. The summed E-state index contributed by atoms with van der Waals surface area (Å²) in [6.07, 6.45) is 1.69. The maximum absolute atomic E-state index is 13.7. The fourth-order valence-electron chi connectivity index (χ4n) is 6.74. The normalized spacial score (nSPS) is 15.0. The van der Waals surface area contributed by atoms with E-state index in [9.17, 15) is 58.2 Å². The summed E-state index contributed by atoms with van der Waals surface area (Å²) in [6.45, 7) is 10.4. The summed E-state index contributed by atoms with van der Waals surface area (Å²) < 4.78 is 0. The number of aliphatic hydroxyl groups is 1. The summed E-state index contributed by atoms with van der Waals surface area (Å²) in [6, 6.07) is -1.34. The van der Waals surface area contributed by atoms with E-state index in [1.54, 1.807) is 51.1 Å². The summed E-state index contributed by atoms with van der Waals surface area (Å²) in [7, 11) is 0. The van der Waals surface area contributed by atoms with E-state index in [0.29, 0.717) is 24.8 Å². The molecule has 1 aromatic rings. The van der Waals surface area contributed by atoms with Crippen LogP contribution in [-0.4, -0.2) is 150 Å². The number of nitrogens with two attached hydrogens (primary N) is 2. The van der Waals surface area contributed by atoms with Crippen LogP contribution in [0.1, 0.15) is 92.6 Å². The van der Waals surface area contributed by atoms with Crippen molar-refractivity contribution in [1.82, 2.24) is 47.9 Å². The molecule has 1 rings (SSSR count). The Balaban J connectivity index is 3.12. The third-order valence-corrected chi connectivity index (χ3v) is 11.2. The molecule has 0 saturated heterocycles. The van der Waals surface area contributed by atoms with E-state index >= 15 is 0 Å². The first-order valence-electron chi connectivity index (χ1n) is 23.6. The number of carbonyl (C=O) groups is 10. The number of unbranched alkanes of at least 4 members (excludes halogenated alkanes) is 1. The predicted octanol–water partition coefficient (Wildman–Crippen LogP) is -2.52. The molecule has 0 spiro atoms. The van der Waals surface area contributed by atoms with Gasteiger partial charge in [0.05, 0.1) is 25.7 Å². The first kappa shape index (κ1) is 62.2. The molecule has 0 fully saturated rings. The van der Waals surface area contributed by atoms with Crippen molar-refractivity contribution in [2.45, 2.75) is 142 Å². The fourth-order valence-corrected chi connectivity index (χ4v) is 7.00. The van der Waals surface area contributed by atoms with Crippen molar-refractivity contribution in [2.24, 2.45) is 29.2 Å². The lowest BCUT2D eigenvalue weighted by Crippen LogP contribution is -2.60. The number of rotatable bonds is 33. The molecule has 0 bridgehead atoms. The molecule has 1 aromatic carbocycles. The molecule has 0 aliphatic carbocycles. The number of aliphatic carboxylic acids is 1. The van der Waals surface area contributed by atoms with Gasteiger partial charge < -0.3 is 69.5 Å². The van der Waals surface area contributed by atoms with Gasteiger partial charge in [0.15, 0.2) is 0 Å². The highest BCUT2D eigenvalue weighted by Crippen LogP contribution is 2.12. The second kappa shape index (κ2) is 32.9. The maximum Gasteiger partial charge on any atom is 0.326 e. The van der Waals surface area contributed by atoms with Crippen molar-refractivity contribution >= 4 is 71.8 Å². The molecule has 0 aliphatic heterocycles. The average Bonchev–Trinajstić information content (AvgIpc) is 3.30. The highest BCUT2D eigenvalue weighted by atomic mass is 32.1. The molecule has 23 nitrogen and oxygen atoms in total. The Kier molecular flexibility index (Phi) is 29.2. The van der Waals surface area contributed by atoms with Crippen molar-refractivity contribution in [1.29, 1.82) is 0 Å². The van der Waals surface area contributed by atoms with Crippen LogP contribution < -0.4 is 59.3 Å². The fraction of sp³-hybridized carbons (Fsp3) is 0.652. The minimum Gasteiger partial charge on any atom is -0.480 e. The van der Waals surface area contributed by atoms with Gasteiger partial charge in [0.2, 0.25) is 53.2 Å². The Morgan fingerprint density at radius 1 is 0.586 bits per heavy atom. The molecule has 0 saturated carbocycles. The number of carboxylic acid groups (broad SMARTS) is 1. The first-order valence-corrected chi connectivity index (χ1v) is 24.2. The standard InChI is InChI=1S/C46H77N11O12S/c1-8-27(6)38(57-42(64)31(18-25(2)3)53-39(61)28(7)48)45(67)50-22-36(59)51-30(16-12-13-17-47)41(63)56-35(24-70)44(66)55-34(23-58)43(65)54-32(20-29-14-10-9-11-15-29)40(62)49-21-37(60)52-33(46(68)69)19-26(4)5/h9-11,14-15,25-28,30-35,38,58,70H,8,12-13,16-24,47-48H2,1-7H3,(H,49,62)(H,50,67)(H,51,59)(H,52,60)(H,53,61)(H,54,65)(H,55,66)(H,56,63)(H,57,64)(H,68,69)/t27-,28-,30-,31-,32-,33-,34-,35-,38-/m0/s1. The molecule has 70 heavy (non-hydrogen) atoms. The largest absolute Gasteiger partial charge is 0.480 e. The van der Waals surface area contributed by atoms with E-state index in [2.05, 4.69) is 60.5 Å². The van der Waals surface area contributed by atoms with E-state index in [4.69, 9.17) is 11.5 Å². The maximum atomic E-state index is 13.7. The summed E-state index contributed by atoms with van der Waals surface area (Å²) in [5, 5.41) is 42.1. The Morgan fingerprint density at radius 2 is 1.07 bits per heavy atom. The number of aliphatic hydroxyl groups excluding tert-OH is 1. The molecular formula is C46H77N11O12S. The molecule has 0 unspecified atom stereocenters. The number of amides is 9. The number of benzene rings is 1. The van der Waals surface area contributed by atoms with Crippen LogP contribution in [0, 0.1) is 17.8 Å². The van der Waals surface area contributed by atoms with Crippen molar-refractivity contribution in [3.05, 3.63) is 35.9 Å². The van der Waals surface area contributed by atoms with Crippen LogP contribution in [0.25, 0.3) is 0 Å². The van der Waals surface area contributed by atoms with Gasteiger partial charge in [-0.2, -0.15) is 12.6 Å². The van der Waals surface area contributed by atoms with Gasteiger partial charge in [0.25, 0.3) is 0 Å². The van der Waals surface area contributed by atoms with Crippen molar-refractivity contribution in [3.8, 4) is 0 Å². The molecule has 0 radical (unpaired) electrons. The predicted molar refractivity (Wildman–Crippen MR) is 263 cm³/mol. The van der Waals surface area contributed by atoms with Crippen molar-refractivity contribution in [2.75, 3.05) is 32.0 Å². The lowest BCUT2D eigenvalue weighted by atomic mass is 9.96. The van der Waals surface area contributed by atoms with E-state index in [0.717, 1.165) is 0 Å². The number of hydrogen-bond donors (Lipinski definition) is 14. The molecule has 0 heterocycles. The van der Waals surface area contributed by atoms with Crippen LogP contribution in [0.2, 0.25) is 0 Å². The minimum atomic E-state index is -1.66. The van der Waals surface area contributed by atoms with Gasteiger partial charge in [-0.3, -0.25) is 43.2 Å². The van der Waals surface area contributed by atoms with E-state index in [1.807, 2.05) is 20.8 Å². The third-order valence-electron chi connectivity index (χ3n) is 10.9. The summed E-state index contributed by atoms with van der Waals surface area (Å²) in [4.78, 5) is 131. The van der Waals surface area contributed by atoms with Crippen molar-refractivity contribution in [3.63, 3.8) is 0 Å². The zero-order valence-corrected chi connectivity index (χ0v) is 42.2. The molecular weight excluding hydrogens is 931 g/mol. The number of thiol groups is 1. The van der Waals surface area contributed by atoms with Gasteiger partial charge in [0, 0.05) is 12.2 Å². The van der Waals surface area contributed by atoms with Crippen LogP contribution in [0.4, 0.5) is 0 Å². The second-order valence-electron chi connectivity index (χ2n) is 18.0. The Bertz CT molecular complexity index is 1890. The van der Waals surface area contributed by atoms with Crippen LogP contribution in [0.3, 0.4) is 0 Å². The number of carboxylic acids is 1. The van der Waals surface area contributed by atoms with Crippen LogP contribution >= 0.6 is 12.6 Å². The highest BCUT2D eigenvalue weighted by molar-refractivity contribution is 7.80. The summed E-state index contributed by atoms with van der Waals surface area (Å²) in [5.74, 6) is -9.05. The Labute approximate surface area is 415 Å². The topological polar surface area (TPSA) is 371 Å². The van der Waals surface area contributed by atoms with Gasteiger partial charge >= 0.3 is 5.97 Å². The van der Waals surface area contributed by atoms with E-state index < -0.39 is 133 Å².